The van der Waals surface area contributed by atoms with Gasteiger partial charge < -0.3 is 0 Å². The van der Waals surface area contributed by atoms with Gasteiger partial charge in [0.15, 0.2) is 0 Å². The molecule has 0 aliphatic carbocycles. The summed E-state index contributed by atoms with van der Waals surface area (Å²) >= 11 is 5.78. The highest BCUT2D eigenvalue weighted by Gasteiger charge is 1.95. The van der Waals surface area contributed by atoms with E-state index in [4.69, 9.17) is 11.6 Å². The Morgan fingerprint density at radius 3 is 2.45 bits per heavy atom. The van der Waals surface area contributed by atoms with Crippen molar-refractivity contribution < 1.29 is 0 Å². The second-order valence-electron chi connectivity index (χ2n) is 4.64. The van der Waals surface area contributed by atoms with Crippen molar-refractivity contribution in [2.75, 3.05) is 0 Å². The van der Waals surface area contributed by atoms with Crippen molar-refractivity contribution in [2.45, 2.75) is 5.88 Å². The molecule has 2 heteroatoms. The first-order chi connectivity index (χ1) is 9.85. The molecule has 1 heterocycles. The summed E-state index contributed by atoms with van der Waals surface area (Å²) in [5.41, 5.74) is 4.26. The molecule has 0 saturated carbocycles. The predicted molar refractivity (Wildman–Crippen MR) is 86.7 cm³/mol. The molecule has 98 valence electrons. The Balaban J connectivity index is 1.85. The molecule has 3 aromatic rings. The number of nitrogens with zero attached hydrogens (tertiary/aromatic N) is 1. The van der Waals surface area contributed by atoms with Gasteiger partial charge >= 0.3 is 0 Å². The van der Waals surface area contributed by atoms with Crippen LogP contribution in [0.5, 0.6) is 0 Å². The van der Waals surface area contributed by atoms with Gasteiger partial charge in [0, 0.05) is 11.3 Å². The maximum absolute atomic E-state index is 5.78. The number of alkyl halides is 1. The van der Waals surface area contributed by atoms with E-state index in [-0.39, 0.29) is 0 Å². The van der Waals surface area contributed by atoms with E-state index in [1.807, 2.05) is 42.5 Å². The maximum Gasteiger partial charge on any atom is 0.0709 e. The lowest BCUT2D eigenvalue weighted by atomic mass is 10.1. The van der Waals surface area contributed by atoms with Crippen LogP contribution >= 0.6 is 11.6 Å². The van der Waals surface area contributed by atoms with Gasteiger partial charge in [-0.1, -0.05) is 54.6 Å². The summed E-state index contributed by atoms with van der Waals surface area (Å²) in [5.74, 6) is 0.552. The predicted octanol–water partition coefficient (Wildman–Crippen LogP) is 5.14. The van der Waals surface area contributed by atoms with Gasteiger partial charge in [0.2, 0.25) is 0 Å². The topological polar surface area (TPSA) is 12.9 Å². The Hall–Kier alpha value is -2.12. The third kappa shape index (κ3) is 2.89. The number of fused-ring (bicyclic) bond motifs is 1. The Morgan fingerprint density at radius 1 is 0.850 bits per heavy atom. The molecule has 0 aliphatic rings. The van der Waals surface area contributed by atoms with Crippen LogP contribution in [0.3, 0.4) is 0 Å². The zero-order valence-electron chi connectivity index (χ0n) is 11.0. The van der Waals surface area contributed by atoms with Crippen LogP contribution in [0.1, 0.15) is 16.8 Å². The molecular formula is C18H14ClN. The van der Waals surface area contributed by atoms with Gasteiger partial charge in [0.25, 0.3) is 0 Å². The molecule has 0 radical (unpaired) electrons. The van der Waals surface area contributed by atoms with Crippen molar-refractivity contribution >= 4 is 34.7 Å². The van der Waals surface area contributed by atoms with Crippen LogP contribution in [0.15, 0.2) is 60.7 Å². The highest BCUT2D eigenvalue weighted by molar-refractivity contribution is 6.17. The Morgan fingerprint density at radius 2 is 1.65 bits per heavy atom. The highest BCUT2D eigenvalue weighted by atomic mass is 35.5. The molecule has 2 aromatic carbocycles. The average molecular weight is 280 g/mol. The minimum Gasteiger partial charge on any atom is -0.248 e. The summed E-state index contributed by atoms with van der Waals surface area (Å²) in [6, 6.07) is 20.5. The Bertz CT molecular complexity index is 745. The van der Waals surface area contributed by atoms with Crippen LogP contribution in [-0.4, -0.2) is 4.98 Å². The Kier molecular flexibility index (Phi) is 3.80. The smallest absolute Gasteiger partial charge is 0.0709 e. The van der Waals surface area contributed by atoms with Crippen molar-refractivity contribution in [3.63, 3.8) is 0 Å². The van der Waals surface area contributed by atoms with E-state index in [9.17, 15) is 0 Å². The number of hydrogen-bond acceptors (Lipinski definition) is 1. The lowest BCUT2D eigenvalue weighted by Crippen LogP contribution is -1.82. The molecule has 0 bridgehead atoms. The van der Waals surface area contributed by atoms with Gasteiger partial charge in [-0.05, 0) is 29.3 Å². The van der Waals surface area contributed by atoms with Gasteiger partial charge in [-0.15, -0.1) is 11.6 Å². The number of benzene rings is 2. The van der Waals surface area contributed by atoms with E-state index in [1.54, 1.807) is 0 Å². The summed E-state index contributed by atoms with van der Waals surface area (Å²) < 4.78 is 0. The largest absolute Gasteiger partial charge is 0.248 e. The standard InChI is InChI=1S/C18H14ClN/c19-13-15-7-5-14(6-8-15)9-11-17-12-10-16-3-1-2-4-18(16)20-17/h1-12H,13H2/b11-9+. The third-order valence-electron chi connectivity index (χ3n) is 3.20. The summed E-state index contributed by atoms with van der Waals surface area (Å²) in [7, 11) is 0. The van der Waals surface area contributed by atoms with E-state index in [0.717, 1.165) is 27.7 Å². The van der Waals surface area contributed by atoms with Crippen LogP contribution in [0.4, 0.5) is 0 Å². The Labute approximate surface area is 123 Å². The van der Waals surface area contributed by atoms with Crippen LogP contribution < -0.4 is 0 Å². The molecule has 0 aliphatic heterocycles. The van der Waals surface area contributed by atoms with E-state index >= 15 is 0 Å². The zero-order valence-corrected chi connectivity index (χ0v) is 11.7. The number of hydrogen-bond donors (Lipinski definition) is 0. The quantitative estimate of drug-likeness (QED) is 0.605. The molecule has 0 N–H and O–H groups in total. The summed E-state index contributed by atoms with van der Waals surface area (Å²) in [5, 5.41) is 1.16. The molecule has 0 amide bonds. The number of aromatic nitrogens is 1. The van der Waals surface area contributed by atoms with Crippen molar-refractivity contribution in [3.05, 3.63) is 77.5 Å². The molecular weight excluding hydrogens is 266 g/mol. The lowest BCUT2D eigenvalue weighted by molar-refractivity contribution is 1.37. The minimum atomic E-state index is 0.552. The number of pyridine rings is 1. The molecule has 0 spiro atoms. The second kappa shape index (κ2) is 5.89. The second-order valence-corrected chi connectivity index (χ2v) is 4.90. The lowest BCUT2D eigenvalue weighted by Gasteiger charge is -1.99. The van der Waals surface area contributed by atoms with Crippen LogP contribution in [-0.2, 0) is 5.88 Å². The van der Waals surface area contributed by atoms with Crippen molar-refractivity contribution in [2.24, 2.45) is 0 Å². The molecule has 20 heavy (non-hydrogen) atoms. The first kappa shape index (κ1) is 12.9. The summed E-state index contributed by atoms with van der Waals surface area (Å²) in [6.45, 7) is 0. The zero-order chi connectivity index (χ0) is 13.8. The van der Waals surface area contributed by atoms with Gasteiger partial charge in [-0.2, -0.15) is 0 Å². The molecule has 1 aromatic heterocycles. The first-order valence-electron chi connectivity index (χ1n) is 6.54. The van der Waals surface area contributed by atoms with Crippen molar-refractivity contribution in [3.8, 4) is 0 Å². The van der Waals surface area contributed by atoms with Gasteiger partial charge in [-0.3, -0.25) is 0 Å². The minimum absolute atomic E-state index is 0.552. The normalized spacial score (nSPS) is 11.2. The van der Waals surface area contributed by atoms with Crippen LogP contribution in [0, 0.1) is 0 Å². The maximum atomic E-state index is 5.78. The molecule has 1 nitrogen and oxygen atoms in total. The van der Waals surface area contributed by atoms with Gasteiger partial charge in [0.1, 0.15) is 0 Å². The molecule has 3 rings (SSSR count). The fourth-order valence-corrected chi connectivity index (χ4v) is 2.25. The SMILES string of the molecule is ClCc1ccc(/C=C/c2ccc3ccccc3n2)cc1. The van der Waals surface area contributed by atoms with Crippen molar-refractivity contribution in [1.29, 1.82) is 0 Å². The monoisotopic (exact) mass is 279 g/mol. The van der Waals surface area contributed by atoms with Gasteiger partial charge in [-0.25, -0.2) is 4.98 Å². The average Bonchev–Trinajstić information content (AvgIpc) is 2.53. The number of halogens is 1. The fourth-order valence-electron chi connectivity index (χ4n) is 2.07. The fraction of sp³-hybridized carbons (Fsp3) is 0.0556. The molecule has 0 atom stereocenters. The summed E-state index contributed by atoms with van der Waals surface area (Å²) in [6.07, 6.45) is 4.09. The number of para-hydroxylation sites is 1. The van der Waals surface area contributed by atoms with E-state index in [2.05, 4.69) is 35.3 Å². The summed E-state index contributed by atoms with van der Waals surface area (Å²) in [4.78, 5) is 4.62. The molecule has 0 fully saturated rings. The van der Waals surface area contributed by atoms with E-state index < -0.39 is 0 Å². The van der Waals surface area contributed by atoms with Gasteiger partial charge in [0.05, 0.1) is 11.2 Å². The highest BCUT2D eigenvalue weighted by Crippen LogP contribution is 2.14. The first-order valence-corrected chi connectivity index (χ1v) is 7.07. The van der Waals surface area contributed by atoms with Crippen LogP contribution in [0.25, 0.3) is 23.1 Å². The van der Waals surface area contributed by atoms with E-state index in [1.165, 1.54) is 0 Å². The van der Waals surface area contributed by atoms with E-state index in [0.29, 0.717) is 5.88 Å². The van der Waals surface area contributed by atoms with Crippen LogP contribution in [0.2, 0.25) is 0 Å². The van der Waals surface area contributed by atoms with Crippen molar-refractivity contribution in [1.82, 2.24) is 4.98 Å². The third-order valence-corrected chi connectivity index (χ3v) is 3.51. The number of rotatable bonds is 3. The molecule has 0 saturated heterocycles. The molecule has 0 unspecified atom stereocenters.